The maximum atomic E-state index is 12.8. The van der Waals surface area contributed by atoms with Crippen molar-refractivity contribution in [3.05, 3.63) is 71.8 Å². The number of ether oxygens (including phenoxy) is 2. The molecule has 0 radical (unpaired) electrons. The molecule has 6 heteroatoms. The van der Waals surface area contributed by atoms with Gasteiger partial charge in [0, 0.05) is 0 Å². The molecule has 27 heavy (non-hydrogen) atoms. The van der Waals surface area contributed by atoms with Crippen LogP contribution in [-0.2, 0) is 27.5 Å². The summed E-state index contributed by atoms with van der Waals surface area (Å²) in [5.41, 5.74) is 1.66. The van der Waals surface area contributed by atoms with Crippen molar-refractivity contribution < 1.29 is 28.3 Å². The minimum atomic E-state index is -0.676. The van der Waals surface area contributed by atoms with Crippen molar-refractivity contribution in [2.75, 3.05) is 13.1 Å². The van der Waals surface area contributed by atoms with Gasteiger partial charge in [-0.15, -0.1) is 4.48 Å². The summed E-state index contributed by atoms with van der Waals surface area (Å²) in [6.45, 7) is 0.277. The molecule has 0 bridgehead atoms. The zero-order chi connectivity index (χ0) is 19.1. The van der Waals surface area contributed by atoms with Crippen molar-refractivity contribution in [1.82, 2.24) is 0 Å². The van der Waals surface area contributed by atoms with E-state index in [0.717, 1.165) is 11.1 Å². The zero-order valence-corrected chi connectivity index (χ0v) is 15.0. The molecule has 6 nitrogen and oxygen atoms in total. The highest BCUT2D eigenvalue weighted by Gasteiger charge is 2.51. The number of quaternary nitrogens is 1. The number of nitrogens with zero attached hydrogens (tertiary/aromatic N) is 1. The lowest BCUT2D eigenvalue weighted by molar-refractivity contribution is -0.788. The van der Waals surface area contributed by atoms with E-state index >= 15 is 0 Å². The Bertz CT molecular complexity index is 736. The van der Waals surface area contributed by atoms with Gasteiger partial charge < -0.3 is 9.47 Å². The van der Waals surface area contributed by atoms with Crippen LogP contribution in [0.2, 0.25) is 0 Å². The molecule has 0 unspecified atom stereocenters. The molecule has 0 N–H and O–H groups in total. The van der Waals surface area contributed by atoms with E-state index in [9.17, 15) is 14.4 Å². The van der Waals surface area contributed by atoms with E-state index in [4.69, 9.17) is 9.47 Å². The highest BCUT2D eigenvalue weighted by Crippen LogP contribution is 2.22. The lowest BCUT2D eigenvalue weighted by atomic mass is 10.1. The van der Waals surface area contributed by atoms with Crippen LogP contribution in [0.1, 0.15) is 24.0 Å². The number of carbonyl (C=O) groups is 3. The molecule has 2 aromatic carbocycles. The number of hydrogen-bond donors (Lipinski definition) is 0. The highest BCUT2D eigenvalue weighted by atomic mass is 16.6. The van der Waals surface area contributed by atoms with E-state index < -0.39 is 16.7 Å². The number of ketones is 1. The summed E-state index contributed by atoms with van der Waals surface area (Å²) in [4.78, 5) is 37.2. The van der Waals surface area contributed by atoms with Gasteiger partial charge in [0.15, 0.2) is 0 Å². The van der Waals surface area contributed by atoms with Crippen molar-refractivity contribution in [3.63, 3.8) is 0 Å². The van der Waals surface area contributed by atoms with E-state index in [-0.39, 0.29) is 44.9 Å². The van der Waals surface area contributed by atoms with Gasteiger partial charge in [0.05, 0.1) is 12.8 Å². The molecular formula is C21H22NO5+. The van der Waals surface area contributed by atoms with Crippen molar-refractivity contribution in [2.24, 2.45) is 0 Å². The van der Waals surface area contributed by atoms with Crippen molar-refractivity contribution in [2.45, 2.75) is 26.1 Å². The van der Waals surface area contributed by atoms with Gasteiger partial charge in [0.25, 0.3) is 0 Å². The number of carbonyl (C=O) groups excluding carboxylic acids is 3. The van der Waals surface area contributed by atoms with Crippen LogP contribution in [0.15, 0.2) is 60.7 Å². The summed E-state index contributed by atoms with van der Waals surface area (Å²) in [6.07, 6.45) is -1.05. The zero-order valence-electron chi connectivity index (χ0n) is 15.0. The molecular weight excluding hydrogens is 346 g/mol. The van der Waals surface area contributed by atoms with Crippen LogP contribution in [0.25, 0.3) is 0 Å². The fourth-order valence-corrected chi connectivity index (χ4v) is 2.99. The van der Waals surface area contributed by atoms with Crippen LogP contribution in [0, 0.1) is 0 Å². The van der Waals surface area contributed by atoms with Gasteiger partial charge in [-0.2, -0.15) is 9.59 Å². The maximum Gasteiger partial charge on any atom is 0.527 e. The summed E-state index contributed by atoms with van der Waals surface area (Å²) < 4.78 is 10.2. The number of imide groups is 1. The van der Waals surface area contributed by atoms with Crippen LogP contribution in [-0.4, -0.2) is 35.5 Å². The quantitative estimate of drug-likeness (QED) is 0.767. The molecule has 1 aliphatic heterocycles. The van der Waals surface area contributed by atoms with E-state index in [2.05, 4.69) is 0 Å². The Morgan fingerprint density at radius 1 is 0.741 bits per heavy atom. The van der Waals surface area contributed by atoms with Gasteiger partial charge in [-0.1, -0.05) is 60.7 Å². The Morgan fingerprint density at radius 3 is 1.56 bits per heavy atom. The molecule has 0 spiro atoms. The van der Waals surface area contributed by atoms with Crippen LogP contribution in [0.3, 0.4) is 0 Å². The summed E-state index contributed by atoms with van der Waals surface area (Å²) in [6, 6.07) is 18.5. The SMILES string of the molecule is O=C1CC[N+](C(=O)OCc2ccccc2)(C(=O)OCc2ccccc2)CC1. The average Bonchev–Trinajstić information content (AvgIpc) is 2.72. The standard InChI is InChI=1S/C21H22NO5/c23-19-11-13-22(14-12-19,20(24)26-15-17-7-3-1-4-8-17)21(25)27-16-18-9-5-2-6-10-18/h1-10H,11-16H2/q+1. The number of hydrogen-bond acceptors (Lipinski definition) is 5. The largest absolute Gasteiger partial charge is 0.527 e. The van der Waals surface area contributed by atoms with E-state index in [1.165, 1.54) is 0 Å². The third kappa shape index (κ3) is 4.60. The smallest absolute Gasteiger partial charge is 0.415 e. The minimum absolute atomic E-state index is 0.0375. The molecule has 0 aromatic heterocycles. The first-order valence-electron chi connectivity index (χ1n) is 8.91. The molecule has 2 aromatic rings. The number of amides is 2. The Morgan fingerprint density at radius 2 is 1.15 bits per heavy atom. The molecule has 1 aliphatic rings. The van der Waals surface area contributed by atoms with Crippen LogP contribution >= 0.6 is 0 Å². The summed E-state index contributed by atoms with van der Waals surface area (Å²) in [7, 11) is 0. The molecule has 0 aliphatic carbocycles. The van der Waals surface area contributed by atoms with Gasteiger partial charge in [0.2, 0.25) is 0 Å². The van der Waals surface area contributed by atoms with Crippen LogP contribution in [0.5, 0.6) is 0 Å². The third-order valence-electron chi connectivity index (χ3n) is 4.65. The summed E-state index contributed by atoms with van der Waals surface area (Å²) in [5.74, 6) is 0.0375. The Balaban J connectivity index is 1.69. The monoisotopic (exact) mass is 368 g/mol. The Kier molecular flexibility index (Phi) is 5.98. The fourth-order valence-electron chi connectivity index (χ4n) is 2.99. The first-order valence-corrected chi connectivity index (χ1v) is 8.91. The van der Waals surface area contributed by atoms with E-state index in [1.54, 1.807) is 0 Å². The third-order valence-corrected chi connectivity index (χ3v) is 4.65. The fraction of sp³-hybridized carbons (Fsp3) is 0.286. The Labute approximate surface area is 157 Å². The number of Topliss-reactive ketones (excluding diaryl/α,β-unsaturated/α-hetero) is 1. The van der Waals surface area contributed by atoms with Gasteiger partial charge in [-0.05, 0) is 11.1 Å². The normalized spacial score (nSPS) is 15.8. The number of piperidine rings is 1. The predicted octanol–water partition coefficient (Wildman–Crippen LogP) is 3.84. The van der Waals surface area contributed by atoms with Crippen LogP contribution < -0.4 is 0 Å². The lowest BCUT2D eigenvalue weighted by Crippen LogP contribution is -2.61. The molecule has 1 saturated heterocycles. The van der Waals surface area contributed by atoms with Gasteiger partial charge >= 0.3 is 12.2 Å². The number of benzene rings is 2. The molecule has 0 saturated carbocycles. The molecule has 3 rings (SSSR count). The number of rotatable bonds is 4. The average molecular weight is 368 g/mol. The first-order chi connectivity index (χ1) is 13.1. The van der Waals surface area contributed by atoms with Gasteiger partial charge in [-0.25, -0.2) is 0 Å². The summed E-state index contributed by atoms with van der Waals surface area (Å²) >= 11 is 0. The van der Waals surface area contributed by atoms with Crippen molar-refractivity contribution in [1.29, 1.82) is 0 Å². The second kappa shape index (κ2) is 8.60. The summed E-state index contributed by atoms with van der Waals surface area (Å²) in [5, 5.41) is 0. The second-order valence-corrected chi connectivity index (χ2v) is 6.53. The second-order valence-electron chi connectivity index (χ2n) is 6.53. The van der Waals surface area contributed by atoms with E-state index in [0.29, 0.717) is 0 Å². The predicted molar refractivity (Wildman–Crippen MR) is 97.5 cm³/mol. The maximum absolute atomic E-state index is 12.8. The molecule has 1 heterocycles. The first kappa shape index (κ1) is 18.8. The molecule has 140 valence electrons. The lowest BCUT2D eigenvalue weighted by Gasteiger charge is -2.32. The highest BCUT2D eigenvalue weighted by molar-refractivity contribution is 5.83. The van der Waals surface area contributed by atoms with Crippen molar-refractivity contribution in [3.8, 4) is 0 Å². The minimum Gasteiger partial charge on any atom is -0.415 e. The van der Waals surface area contributed by atoms with Crippen molar-refractivity contribution >= 4 is 18.0 Å². The van der Waals surface area contributed by atoms with Gasteiger partial charge in [0.1, 0.15) is 32.1 Å². The molecule has 2 amide bonds. The number of likely N-dealkylation sites (tertiary alicyclic amines) is 1. The molecule has 1 fully saturated rings. The van der Waals surface area contributed by atoms with Crippen LogP contribution in [0.4, 0.5) is 9.59 Å². The van der Waals surface area contributed by atoms with Gasteiger partial charge in [-0.3, -0.25) is 4.79 Å². The molecule has 0 atom stereocenters. The topological polar surface area (TPSA) is 69.7 Å². The Hall–Kier alpha value is -2.99. The van der Waals surface area contributed by atoms with E-state index in [1.807, 2.05) is 60.7 Å².